The number of rotatable bonds is 7. The number of nitrogens with one attached hydrogen (secondary N) is 2. The number of halogens is 1. The van der Waals surface area contributed by atoms with Crippen molar-refractivity contribution in [3.05, 3.63) is 76.9 Å². The summed E-state index contributed by atoms with van der Waals surface area (Å²) in [5.41, 5.74) is 2.59. The first kappa shape index (κ1) is 19.9. The van der Waals surface area contributed by atoms with Crippen LogP contribution in [-0.4, -0.2) is 39.2 Å². The highest BCUT2D eigenvalue weighted by Crippen LogP contribution is 2.28. The standard InChI is InChI=1S/C20H20ClN3O4/c21-15-8-6-14(7-9-15)18-16(10-23-24-18)19(26)17(25)11-22-20(27)28-12-13-4-2-1-3-5-13/h1-10,17,19,25-26H,11-12H2,(H,22,27)(H,23,24). The van der Waals surface area contributed by atoms with Crippen LogP contribution in [0.3, 0.4) is 0 Å². The zero-order chi connectivity index (χ0) is 19.9. The summed E-state index contributed by atoms with van der Waals surface area (Å²) >= 11 is 5.89. The van der Waals surface area contributed by atoms with Gasteiger partial charge in [-0.25, -0.2) is 4.79 Å². The maximum atomic E-state index is 11.8. The van der Waals surface area contributed by atoms with Crippen LogP contribution in [0.25, 0.3) is 11.3 Å². The normalized spacial score (nSPS) is 13.0. The summed E-state index contributed by atoms with van der Waals surface area (Å²) in [5, 5.41) is 30.5. The van der Waals surface area contributed by atoms with Gasteiger partial charge in [0.1, 0.15) is 18.8 Å². The largest absolute Gasteiger partial charge is 0.445 e. The Hall–Kier alpha value is -2.87. The van der Waals surface area contributed by atoms with E-state index in [-0.39, 0.29) is 13.2 Å². The highest BCUT2D eigenvalue weighted by atomic mass is 35.5. The Labute approximate surface area is 166 Å². The van der Waals surface area contributed by atoms with Gasteiger partial charge in [0.25, 0.3) is 0 Å². The van der Waals surface area contributed by atoms with Crippen LogP contribution < -0.4 is 5.32 Å². The fraction of sp³-hybridized carbons (Fsp3) is 0.200. The van der Waals surface area contributed by atoms with Crippen molar-refractivity contribution in [1.29, 1.82) is 0 Å². The number of carbonyl (C=O) groups excluding carboxylic acids is 1. The molecule has 4 N–H and O–H groups in total. The molecule has 0 saturated carbocycles. The molecule has 3 rings (SSSR count). The Kier molecular flexibility index (Phi) is 6.65. The van der Waals surface area contributed by atoms with Crippen LogP contribution in [0.2, 0.25) is 5.02 Å². The molecule has 28 heavy (non-hydrogen) atoms. The molecule has 1 amide bonds. The summed E-state index contributed by atoms with van der Waals surface area (Å²) in [7, 11) is 0. The first-order valence-electron chi connectivity index (χ1n) is 8.64. The third kappa shape index (κ3) is 5.10. The van der Waals surface area contributed by atoms with Gasteiger partial charge in [-0.1, -0.05) is 54.1 Å². The highest BCUT2D eigenvalue weighted by Gasteiger charge is 2.24. The molecule has 1 heterocycles. The van der Waals surface area contributed by atoms with Crippen LogP contribution in [0.5, 0.6) is 0 Å². The Balaban J connectivity index is 1.55. The number of benzene rings is 2. The summed E-state index contributed by atoms with van der Waals surface area (Å²) in [4.78, 5) is 11.8. The summed E-state index contributed by atoms with van der Waals surface area (Å²) in [6.07, 6.45) is -1.74. The number of alkyl carbamates (subject to hydrolysis) is 1. The van der Waals surface area contributed by atoms with Gasteiger partial charge in [-0.3, -0.25) is 5.10 Å². The van der Waals surface area contributed by atoms with Gasteiger partial charge in [0.2, 0.25) is 0 Å². The van der Waals surface area contributed by atoms with E-state index in [2.05, 4.69) is 15.5 Å². The van der Waals surface area contributed by atoms with Gasteiger partial charge < -0.3 is 20.3 Å². The molecule has 2 aromatic carbocycles. The van der Waals surface area contributed by atoms with Crippen LogP contribution in [-0.2, 0) is 11.3 Å². The number of aliphatic hydroxyl groups is 2. The average molecular weight is 402 g/mol. The molecule has 2 atom stereocenters. The molecule has 0 radical (unpaired) electrons. The maximum Gasteiger partial charge on any atom is 0.407 e. The van der Waals surface area contributed by atoms with Crippen molar-refractivity contribution in [2.45, 2.75) is 18.8 Å². The SMILES string of the molecule is O=C(NCC(O)C(O)c1cn[nH]c1-c1ccc(Cl)cc1)OCc1ccccc1. The number of nitrogens with zero attached hydrogens (tertiary/aromatic N) is 1. The number of carbonyl (C=O) groups is 1. The number of hydrogen-bond donors (Lipinski definition) is 4. The van der Waals surface area contributed by atoms with Gasteiger partial charge in [-0.05, 0) is 17.7 Å². The number of aromatic amines is 1. The third-order valence-electron chi connectivity index (χ3n) is 4.15. The Morgan fingerprint density at radius 2 is 1.86 bits per heavy atom. The minimum Gasteiger partial charge on any atom is -0.445 e. The Morgan fingerprint density at radius 1 is 1.14 bits per heavy atom. The second kappa shape index (κ2) is 9.36. The van der Waals surface area contributed by atoms with Crippen molar-refractivity contribution in [2.24, 2.45) is 0 Å². The summed E-state index contributed by atoms with van der Waals surface area (Å²) in [6, 6.07) is 16.2. The lowest BCUT2D eigenvalue weighted by atomic mass is 10.0. The number of amides is 1. The van der Waals surface area contributed by atoms with Gasteiger partial charge in [0, 0.05) is 22.7 Å². The second-order valence-corrected chi connectivity index (χ2v) is 6.60. The number of hydrogen-bond acceptors (Lipinski definition) is 5. The molecular weight excluding hydrogens is 382 g/mol. The lowest BCUT2D eigenvalue weighted by molar-refractivity contribution is 0.0187. The number of aromatic nitrogens is 2. The minimum atomic E-state index is -1.25. The van der Waals surface area contributed by atoms with Crippen molar-refractivity contribution in [1.82, 2.24) is 15.5 Å². The van der Waals surface area contributed by atoms with E-state index in [1.165, 1.54) is 6.20 Å². The van der Waals surface area contributed by atoms with Crippen molar-refractivity contribution in [3.63, 3.8) is 0 Å². The molecule has 0 aliphatic heterocycles. The zero-order valence-electron chi connectivity index (χ0n) is 14.9. The molecule has 8 heteroatoms. The maximum absolute atomic E-state index is 11.8. The van der Waals surface area contributed by atoms with E-state index in [4.69, 9.17) is 16.3 Å². The van der Waals surface area contributed by atoms with E-state index in [9.17, 15) is 15.0 Å². The van der Waals surface area contributed by atoms with Gasteiger partial charge in [0.05, 0.1) is 11.9 Å². The van der Waals surface area contributed by atoms with E-state index in [1.807, 2.05) is 30.3 Å². The third-order valence-corrected chi connectivity index (χ3v) is 4.40. The van der Waals surface area contributed by atoms with Crippen LogP contribution in [0, 0.1) is 0 Å². The molecule has 0 fully saturated rings. The fourth-order valence-corrected chi connectivity index (χ4v) is 2.77. The topological polar surface area (TPSA) is 107 Å². The summed E-state index contributed by atoms with van der Waals surface area (Å²) in [6.45, 7) is -0.0617. The average Bonchev–Trinajstić information content (AvgIpc) is 3.21. The van der Waals surface area contributed by atoms with Gasteiger partial charge in [-0.2, -0.15) is 5.10 Å². The first-order chi connectivity index (χ1) is 13.5. The Bertz CT molecular complexity index is 899. The van der Waals surface area contributed by atoms with Crippen LogP contribution in [0.1, 0.15) is 17.2 Å². The first-order valence-corrected chi connectivity index (χ1v) is 9.02. The highest BCUT2D eigenvalue weighted by molar-refractivity contribution is 6.30. The van der Waals surface area contributed by atoms with E-state index in [1.54, 1.807) is 24.3 Å². The zero-order valence-corrected chi connectivity index (χ0v) is 15.6. The lowest BCUT2D eigenvalue weighted by Gasteiger charge is -2.18. The quantitative estimate of drug-likeness (QED) is 0.486. The summed E-state index contributed by atoms with van der Waals surface area (Å²) in [5.74, 6) is 0. The molecule has 3 aromatic rings. The van der Waals surface area contributed by atoms with E-state index < -0.39 is 18.3 Å². The molecule has 0 aliphatic carbocycles. The molecule has 1 aromatic heterocycles. The summed E-state index contributed by atoms with van der Waals surface area (Å²) < 4.78 is 5.08. The molecule has 146 valence electrons. The molecule has 2 unspecified atom stereocenters. The lowest BCUT2D eigenvalue weighted by Crippen LogP contribution is -2.35. The monoisotopic (exact) mass is 401 g/mol. The predicted molar refractivity (Wildman–Crippen MR) is 105 cm³/mol. The van der Waals surface area contributed by atoms with Crippen LogP contribution in [0.4, 0.5) is 4.79 Å². The molecule has 7 nitrogen and oxygen atoms in total. The van der Waals surface area contributed by atoms with Crippen molar-refractivity contribution >= 4 is 17.7 Å². The minimum absolute atomic E-state index is 0.119. The van der Waals surface area contributed by atoms with Gasteiger partial charge in [0.15, 0.2) is 0 Å². The van der Waals surface area contributed by atoms with E-state index >= 15 is 0 Å². The van der Waals surface area contributed by atoms with Gasteiger partial charge >= 0.3 is 6.09 Å². The van der Waals surface area contributed by atoms with Crippen molar-refractivity contribution in [2.75, 3.05) is 6.54 Å². The van der Waals surface area contributed by atoms with Crippen LogP contribution >= 0.6 is 11.6 Å². The molecule has 0 saturated heterocycles. The predicted octanol–water partition coefficient (Wildman–Crippen LogP) is 3.05. The molecule has 0 aliphatic rings. The second-order valence-electron chi connectivity index (χ2n) is 6.16. The van der Waals surface area contributed by atoms with Gasteiger partial charge in [-0.15, -0.1) is 0 Å². The van der Waals surface area contributed by atoms with Crippen molar-refractivity contribution in [3.8, 4) is 11.3 Å². The number of ether oxygens (including phenoxy) is 1. The Morgan fingerprint density at radius 3 is 2.57 bits per heavy atom. The van der Waals surface area contributed by atoms with Crippen LogP contribution in [0.15, 0.2) is 60.8 Å². The number of aliphatic hydroxyl groups excluding tert-OH is 2. The van der Waals surface area contributed by atoms with E-state index in [0.717, 1.165) is 11.1 Å². The van der Waals surface area contributed by atoms with E-state index in [0.29, 0.717) is 16.3 Å². The molecule has 0 bridgehead atoms. The molecular formula is C20H20ClN3O4. The smallest absolute Gasteiger partial charge is 0.407 e. The number of H-pyrrole nitrogens is 1. The van der Waals surface area contributed by atoms with Crippen molar-refractivity contribution < 1.29 is 19.7 Å². The molecule has 0 spiro atoms. The fourth-order valence-electron chi connectivity index (χ4n) is 2.65.